The van der Waals surface area contributed by atoms with Gasteiger partial charge in [0.15, 0.2) is 0 Å². The summed E-state index contributed by atoms with van der Waals surface area (Å²) in [6, 6.07) is 28.6. The van der Waals surface area contributed by atoms with Crippen LogP contribution in [0.1, 0.15) is 11.1 Å². The van der Waals surface area contributed by atoms with E-state index in [1.807, 2.05) is 91.0 Å². The van der Waals surface area contributed by atoms with E-state index in [9.17, 15) is 9.59 Å². The molecule has 1 heterocycles. The fourth-order valence-corrected chi connectivity index (χ4v) is 3.32. The Morgan fingerprint density at radius 1 is 0.679 bits per heavy atom. The second kappa shape index (κ2) is 7.92. The number of nitrogens with one attached hydrogen (secondary N) is 1. The number of imide groups is 1. The molecule has 0 fully saturated rings. The molecule has 1 N–H and O–H groups in total. The van der Waals surface area contributed by atoms with Gasteiger partial charge in [-0.25, -0.2) is 0 Å². The second-order valence-electron chi connectivity index (χ2n) is 6.60. The summed E-state index contributed by atoms with van der Waals surface area (Å²) in [5, 5.41) is 3.17. The van der Waals surface area contributed by atoms with Crippen molar-refractivity contribution in [2.45, 2.75) is 6.42 Å². The third-order valence-corrected chi connectivity index (χ3v) is 4.74. The van der Waals surface area contributed by atoms with Crippen molar-refractivity contribution in [3.63, 3.8) is 0 Å². The largest absolute Gasteiger partial charge is 0.350 e. The lowest BCUT2D eigenvalue weighted by Gasteiger charge is -2.15. The fraction of sp³-hybridized carbons (Fsp3) is 0.0833. The van der Waals surface area contributed by atoms with E-state index in [2.05, 4.69) is 5.32 Å². The molecule has 28 heavy (non-hydrogen) atoms. The zero-order valence-corrected chi connectivity index (χ0v) is 15.3. The summed E-state index contributed by atoms with van der Waals surface area (Å²) in [5.74, 6) is -0.547. The topological polar surface area (TPSA) is 49.4 Å². The minimum Gasteiger partial charge on any atom is -0.350 e. The molecule has 2 amide bonds. The summed E-state index contributed by atoms with van der Waals surface area (Å²) in [6.07, 6.45) is 0.624. The number of anilines is 1. The van der Waals surface area contributed by atoms with Crippen molar-refractivity contribution in [2.24, 2.45) is 0 Å². The maximum Gasteiger partial charge on any atom is 0.278 e. The second-order valence-corrected chi connectivity index (χ2v) is 6.60. The summed E-state index contributed by atoms with van der Waals surface area (Å²) in [5.41, 5.74) is 3.35. The number of hydrogen-bond acceptors (Lipinski definition) is 3. The van der Waals surface area contributed by atoms with E-state index < -0.39 is 0 Å². The van der Waals surface area contributed by atoms with E-state index in [0.29, 0.717) is 24.2 Å². The molecule has 4 nitrogen and oxygen atoms in total. The van der Waals surface area contributed by atoms with Gasteiger partial charge >= 0.3 is 0 Å². The molecular formula is C24H20N2O2. The number of nitrogens with zero attached hydrogens (tertiary/aromatic N) is 1. The number of carbonyl (C=O) groups excluding carboxylic acids is 2. The Bertz CT molecular complexity index is 1010. The molecule has 4 rings (SSSR count). The third-order valence-electron chi connectivity index (χ3n) is 4.74. The zero-order chi connectivity index (χ0) is 19.3. The highest BCUT2D eigenvalue weighted by molar-refractivity contribution is 6.36. The van der Waals surface area contributed by atoms with Gasteiger partial charge in [0.2, 0.25) is 0 Å². The molecule has 3 aromatic carbocycles. The van der Waals surface area contributed by atoms with E-state index in [4.69, 9.17) is 0 Å². The van der Waals surface area contributed by atoms with Gasteiger partial charge in [-0.15, -0.1) is 0 Å². The highest BCUT2D eigenvalue weighted by atomic mass is 16.2. The van der Waals surface area contributed by atoms with Crippen LogP contribution in [0.4, 0.5) is 5.69 Å². The van der Waals surface area contributed by atoms with Crippen molar-refractivity contribution in [3.8, 4) is 0 Å². The van der Waals surface area contributed by atoms with Gasteiger partial charge in [0, 0.05) is 12.2 Å². The van der Waals surface area contributed by atoms with Gasteiger partial charge in [0.25, 0.3) is 11.8 Å². The highest BCUT2D eigenvalue weighted by Gasteiger charge is 2.38. The molecule has 0 spiro atoms. The van der Waals surface area contributed by atoms with E-state index in [0.717, 1.165) is 16.8 Å². The molecule has 138 valence electrons. The number of rotatable bonds is 6. The van der Waals surface area contributed by atoms with Crippen molar-refractivity contribution in [2.75, 3.05) is 11.9 Å². The van der Waals surface area contributed by atoms with Gasteiger partial charge in [-0.3, -0.25) is 14.5 Å². The van der Waals surface area contributed by atoms with Crippen molar-refractivity contribution in [1.29, 1.82) is 0 Å². The summed E-state index contributed by atoms with van der Waals surface area (Å²) < 4.78 is 0. The molecule has 0 unspecified atom stereocenters. The van der Waals surface area contributed by atoms with Gasteiger partial charge in [-0.1, -0.05) is 78.9 Å². The Hall–Kier alpha value is -3.66. The minimum atomic E-state index is -0.288. The molecular weight excluding hydrogens is 348 g/mol. The van der Waals surface area contributed by atoms with Crippen LogP contribution in [0, 0.1) is 0 Å². The SMILES string of the molecule is O=C1C(Nc2ccccc2)=C(c2ccccc2)C(=O)N1CCc1ccccc1. The molecule has 1 aliphatic rings. The molecule has 4 heteroatoms. The Balaban J connectivity index is 1.65. The maximum atomic E-state index is 13.1. The van der Waals surface area contributed by atoms with E-state index in [-0.39, 0.29) is 11.8 Å². The molecule has 0 atom stereocenters. The van der Waals surface area contributed by atoms with E-state index in [1.54, 1.807) is 0 Å². The smallest absolute Gasteiger partial charge is 0.278 e. The highest BCUT2D eigenvalue weighted by Crippen LogP contribution is 2.30. The van der Waals surface area contributed by atoms with E-state index >= 15 is 0 Å². The quantitative estimate of drug-likeness (QED) is 0.666. The summed E-state index contributed by atoms with van der Waals surface area (Å²) in [6.45, 7) is 0.345. The van der Waals surface area contributed by atoms with Gasteiger partial charge in [0.1, 0.15) is 5.70 Å². The molecule has 0 saturated carbocycles. The molecule has 0 aromatic heterocycles. The van der Waals surface area contributed by atoms with Crippen molar-refractivity contribution in [3.05, 3.63) is 108 Å². The van der Waals surface area contributed by atoms with Gasteiger partial charge in [-0.05, 0) is 29.7 Å². The van der Waals surface area contributed by atoms with Crippen molar-refractivity contribution >= 4 is 23.1 Å². The lowest BCUT2D eigenvalue weighted by molar-refractivity contribution is -0.136. The maximum absolute atomic E-state index is 13.1. The van der Waals surface area contributed by atoms with Crippen molar-refractivity contribution < 1.29 is 9.59 Å². The first kappa shape index (κ1) is 17.7. The molecule has 0 saturated heterocycles. The van der Waals surface area contributed by atoms with Crippen LogP contribution in [-0.4, -0.2) is 23.3 Å². The van der Waals surface area contributed by atoms with Crippen LogP contribution in [0.25, 0.3) is 5.57 Å². The zero-order valence-electron chi connectivity index (χ0n) is 15.3. The van der Waals surface area contributed by atoms with Crippen LogP contribution < -0.4 is 5.32 Å². The predicted molar refractivity (Wildman–Crippen MR) is 110 cm³/mol. The van der Waals surface area contributed by atoms with Crippen molar-refractivity contribution in [1.82, 2.24) is 4.90 Å². The van der Waals surface area contributed by atoms with Crippen LogP contribution in [0.2, 0.25) is 0 Å². The van der Waals surface area contributed by atoms with Gasteiger partial charge < -0.3 is 5.32 Å². The summed E-state index contributed by atoms with van der Waals surface area (Å²) in [4.78, 5) is 27.6. The summed E-state index contributed by atoms with van der Waals surface area (Å²) in [7, 11) is 0. The monoisotopic (exact) mass is 368 g/mol. The lowest BCUT2D eigenvalue weighted by Crippen LogP contribution is -2.34. The number of amides is 2. The first-order valence-electron chi connectivity index (χ1n) is 9.26. The molecule has 3 aromatic rings. The average molecular weight is 368 g/mol. The average Bonchev–Trinajstić information content (AvgIpc) is 2.98. The van der Waals surface area contributed by atoms with Crippen LogP contribution >= 0.6 is 0 Å². The van der Waals surface area contributed by atoms with Crippen LogP contribution in [0.15, 0.2) is 96.7 Å². The normalized spacial score (nSPS) is 13.9. The van der Waals surface area contributed by atoms with E-state index in [1.165, 1.54) is 4.90 Å². The third kappa shape index (κ3) is 3.58. The van der Waals surface area contributed by atoms with Gasteiger partial charge in [-0.2, -0.15) is 0 Å². The number of hydrogen-bond donors (Lipinski definition) is 1. The number of carbonyl (C=O) groups is 2. The number of benzene rings is 3. The first-order valence-corrected chi connectivity index (χ1v) is 9.26. The Kier molecular flexibility index (Phi) is 5.02. The summed E-state index contributed by atoms with van der Waals surface area (Å²) >= 11 is 0. The Labute approximate surface area is 164 Å². The molecule has 0 bridgehead atoms. The lowest BCUT2D eigenvalue weighted by atomic mass is 10.0. The number of para-hydroxylation sites is 1. The molecule has 0 radical (unpaired) electrons. The molecule has 0 aliphatic carbocycles. The van der Waals surface area contributed by atoms with Crippen LogP contribution in [-0.2, 0) is 16.0 Å². The standard InChI is InChI=1S/C24H20N2O2/c27-23-21(19-12-6-2-7-13-19)22(25-20-14-8-3-9-15-20)24(28)26(23)17-16-18-10-4-1-5-11-18/h1-15,25H,16-17H2. The predicted octanol–water partition coefficient (Wildman–Crippen LogP) is 4.12. The Morgan fingerprint density at radius 3 is 1.89 bits per heavy atom. The van der Waals surface area contributed by atoms with Crippen LogP contribution in [0.3, 0.4) is 0 Å². The molecule has 1 aliphatic heterocycles. The Morgan fingerprint density at radius 2 is 1.25 bits per heavy atom. The van der Waals surface area contributed by atoms with Crippen LogP contribution in [0.5, 0.6) is 0 Å². The fourth-order valence-electron chi connectivity index (χ4n) is 3.32. The van der Waals surface area contributed by atoms with Gasteiger partial charge in [0.05, 0.1) is 5.57 Å². The first-order chi connectivity index (χ1) is 13.7. The minimum absolute atomic E-state index is 0.259.